The van der Waals surface area contributed by atoms with Crippen LogP contribution in [-0.2, 0) is 24.1 Å². The fraction of sp³-hybridized carbons (Fsp3) is 0.130. The number of nitrogens with one attached hydrogen (secondary N) is 1. The summed E-state index contributed by atoms with van der Waals surface area (Å²) in [6.07, 6.45) is -3.25. The van der Waals surface area contributed by atoms with Crippen molar-refractivity contribution < 1.29 is 18.0 Å². The Bertz CT molecular complexity index is 1500. The van der Waals surface area contributed by atoms with Crippen molar-refractivity contribution in [1.29, 1.82) is 0 Å². The van der Waals surface area contributed by atoms with Crippen LogP contribution in [0, 0.1) is 0 Å². The van der Waals surface area contributed by atoms with Gasteiger partial charge in [0.15, 0.2) is 5.52 Å². The highest BCUT2D eigenvalue weighted by Gasteiger charge is 2.31. The van der Waals surface area contributed by atoms with Crippen molar-refractivity contribution in [3.63, 3.8) is 0 Å². The number of carbonyl (C=O) groups excluding carboxylic acids is 1. The standard InChI is InChI=1S/C23H16ClF3N4O3/c24-16-9-8-15(23(25,26)27)11-17(16)29-19(32)13-30-18-7-4-10-28-20(18)21(33)31(22(30)34)12-14-5-2-1-3-6-14/h1-11H,12-13H2,(H,29,32). The van der Waals surface area contributed by atoms with Gasteiger partial charge in [0.05, 0.1) is 28.3 Å². The minimum Gasteiger partial charge on any atom is -0.323 e. The Morgan fingerprint density at radius 1 is 1.00 bits per heavy atom. The molecule has 34 heavy (non-hydrogen) atoms. The maximum absolute atomic E-state index is 13.2. The Morgan fingerprint density at radius 3 is 2.44 bits per heavy atom. The molecule has 0 spiro atoms. The summed E-state index contributed by atoms with van der Waals surface area (Å²) in [4.78, 5) is 42.9. The van der Waals surface area contributed by atoms with Crippen molar-refractivity contribution in [3.8, 4) is 0 Å². The average molecular weight is 489 g/mol. The van der Waals surface area contributed by atoms with E-state index in [-0.39, 0.29) is 28.3 Å². The highest BCUT2D eigenvalue weighted by atomic mass is 35.5. The van der Waals surface area contributed by atoms with E-state index in [4.69, 9.17) is 11.6 Å². The lowest BCUT2D eigenvalue weighted by Gasteiger charge is -2.15. The molecule has 0 saturated heterocycles. The monoisotopic (exact) mass is 488 g/mol. The molecule has 0 bridgehead atoms. The molecular weight excluding hydrogens is 473 g/mol. The first-order valence-corrected chi connectivity index (χ1v) is 10.3. The van der Waals surface area contributed by atoms with E-state index in [1.165, 1.54) is 18.3 Å². The van der Waals surface area contributed by atoms with Crippen LogP contribution >= 0.6 is 11.6 Å². The minimum absolute atomic E-state index is 0.0251. The van der Waals surface area contributed by atoms with Gasteiger partial charge in [-0.2, -0.15) is 13.2 Å². The molecule has 0 atom stereocenters. The smallest absolute Gasteiger partial charge is 0.323 e. The van der Waals surface area contributed by atoms with Gasteiger partial charge in [0.1, 0.15) is 6.54 Å². The number of halogens is 4. The number of alkyl halides is 3. The van der Waals surface area contributed by atoms with E-state index in [0.717, 1.165) is 21.3 Å². The molecule has 0 aliphatic carbocycles. The number of rotatable bonds is 5. The lowest BCUT2D eigenvalue weighted by molar-refractivity contribution is -0.137. The summed E-state index contributed by atoms with van der Waals surface area (Å²) < 4.78 is 41.1. The van der Waals surface area contributed by atoms with E-state index in [1.54, 1.807) is 30.3 Å². The zero-order valence-corrected chi connectivity index (χ0v) is 18.1. The van der Waals surface area contributed by atoms with Gasteiger partial charge in [0.2, 0.25) is 5.91 Å². The highest BCUT2D eigenvalue weighted by Crippen LogP contribution is 2.33. The van der Waals surface area contributed by atoms with Gasteiger partial charge in [-0.15, -0.1) is 0 Å². The van der Waals surface area contributed by atoms with Gasteiger partial charge in [-0.3, -0.25) is 18.7 Å². The predicted molar refractivity (Wildman–Crippen MR) is 121 cm³/mol. The lowest BCUT2D eigenvalue weighted by atomic mass is 10.2. The van der Waals surface area contributed by atoms with Crippen LogP contribution < -0.4 is 16.6 Å². The van der Waals surface area contributed by atoms with Gasteiger partial charge in [0.25, 0.3) is 5.56 Å². The van der Waals surface area contributed by atoms with E-state index in [0.29, 0.717) is 11.6 Å². The van der Waals surface area contributed by atoms with Gasteiger partial charge in [-0.1, -0.05) is 41.9 Å². The zero-order chi connectivity index (χ0) is 24.5. The van der Waals surface area contributed by atoms with Crippen molar-refractivity contribution >= 4 is 34.2 Å². The minimum atomic E-state index is -4.63. The third-order valence-corrected chi connectivity index (χ3v) is 5.37. The lowest BCUT2D eigenvalue weighted by Crippen LogP contribution is -2.42. The maximum Gasteiger partial charge on any atom is 0.416 e. The van der Waals surface area contributed by atoms with Crippen LogP contribution in [0.1, 0.15) is 11.1 Å². The number of amides is 1. The first-order valence-electron chi connectivity index (χ1n) is 9.94. The fourth-order valence-corrected chi connectivity index (χ4v) is 3.60. The molecule has 0 fully saturated rings. The quantitative estimate of drug-likeness (QED) is 0.461. The molecule has 2 heterocycles. The molecule has 2 aromatic carbocycles. The number of pyridine rings is 1. The number of carbonyl (C=O) groups is 1. The van der Waals surface area contributed by atoms with Gasteiger partial charge in [-0.05, 0) is 35.9 Å². The topological polar surface area (TPSA) is 86.0 Å². The van der Waals surface area contributed by atoms with Gasteiger partial charge < -0.3 is 5.32 Å². The van der Waals surface area contributed by atoms with Gasteiger partial charge >= 0.3 is 11.9 Å². The summed E-state index contributed by atoms with van der Waals surface area (Å²) in [7, 11) is 0. The molecule has 0 aliphatic heterocycles. The normalized spacial score (nSPS) is 11.5. The van der Waals surface area contributed by atoms with E-state index < -0.39 is 35.4 Å². The van der Waals surface area contributed by atoms with Crippen molar-refractivity contribution in [2.75, 3.05) is 5.32 Å². The molecule has 2 aromatic heterocycles. The van der Waals surface area contributed by atoms with Crippen LogP contribution in [0.3, 0.4) is 0 Å². The number of aromatic nitrogens is 3. The highest BCUT2D eigenvalue weighted by molar-refractivity contribution is 6.33. The molecule has 1 amide bonds. The second kappa shape index (κ2) is 9.14. The summed E-state index contributed by atoms with van der Waals surface area (Å²) in [5.41, 5.74) is -1.86. The SMILES string of the molecule is O=C(Cn1c(=O)n(Cc2ccccc2)c(=O)c2ncccc21)Nc1cc(C(F)(F)F)ccc1Cl. The second-order valence-corrected chi connectivity index (χ2v) is 7.76. The van der Waals surface area contributed by atoms with Crippen LogP contribution in [-0.4, -0.2) is 20.0 Å². The summed E-state index contributed by atoms with van der Waals surface area (Å²) in [6, 6.07) is 14.3. The van der Waals surface area contributed by atoms with Crippen molar-refractivity contribution in [1.82, 2.24) is 14.1 Å². The number of benzene rings is 2. The van der Waals surface area contributed by atoms with Crippen LogP contribution in [0.15, 0.2) is 76.4 Å². The Kier molecular flexibility index (Phi) is 6.25. The maximum atomic E-state index is 13.2. The first kappa shape index (κ1) is 23.2. The third-order valence-electron chi connectivity index (χ3n) is 5.04. The second-order valence-electron chi connectivity index (χ2n) is 7.36. The van der Waals surface area contributed by atoms with Crippen LogP contribution in [0.4, 0.5) is 18.9 Å². The zero-order valence-electron chi connectivity index (χ0n) is 17.3. The fourth-order valence-electron chi connectivity index (χ4n) is 3.43. The number of fused-ring (bicyclic) bond motifs is 1. The van der Waals surface area contributed by atoms with E-state index in [2.05, 4.69) is 10.3 Å². The molecule has 174 valence electrons. The molecule has 0 saturated carbocycles. The predicted octanol–water partition coefficient (Wildman–Crippen LogP) is 3.92. The number of anilines is 1. The number of nitrogens with zero attached hydrogens (tertiary/aromatic N) is 3. The van der Waals surface area contributed by atoms with Crippen molar-refractivity contribution in [2.24, 2.45) is 0 Å². The summed E-state index contributed by atoms with van der Waals surface area (Å²) in [5, 5.41) is 2.21. The summed E-state index contributed by atoms with van der Waals surface area (Å²) >= 11 is 5.95. The van der Waals surface area contributed by atoms with Gasteiger partial charge in [0, 0.05) is 6.20 Å². The molecule has 0 unspecified atom stereocenters. The molecule has 4 rings (SSSR count). The Morgan fingerprint density at radius 2 is 1.74 bits per heavy atom. The molecule has 0 aliphatic rings. The summed E-state index contributed by atoms with van der Waals surface area (Å²) in [6.45, 7) is -0.630. The van der Waals surface area contributed by atoms with Crippen LogP contribution in [0.2, 0.25) is 5.02 Å². The third kappa shape index (κ3) is 4.72. The molecule has 1 N–H and O–H groups in total. The van der Waals surface area contributed by atoms with Crippen LogP contribution in [0.25, 0.3) is 11.0 Å². The van der Waals surface area contributed by atoms with E-state index in [1.807, 2.05) is 0 Å². The van der Waals surface area contributed by atoms with Crippen molar-refractivity contribution in [2.45, 2.75) is 19.3 Å². The molecule has 0 radical (unpaired) electrons. The first-order chi connectivity index (χ1) is 16.1. The Balaban J connectivity index is 1.73. The van der Waals surface area contributed by atoms with Gasteiger partial charge in [-0.25, -0.2) is 9.78 Å². The molecule has 4 aromatic rings. The largest absolute Gasteiger partial charge is 0.416 e. The van der Waals surface area contributed by atoms with Crippen LogP contribution in [0.5, 0.6) is 0 Å². The average Bonchev–Trinajstić information content (AvgIpc) is 2.81. The Hall–Kier alpha value is -3.92. The van der Waals surface area contributed by atoms with Crippen molar-refractivity contribution in [3.05, 3.63) is 104 Å². The molecule has 11 heteroatoms. The number of hydrogen-bond donors (Lipinski definition) is 1. The van der Waals surface area contributed by atoms with E-state index >= 15 is 0 Å². The summed E-state index contributed by atoms with van der Waals surface area (Å²) in [5.74, 6) is -0.807. The molecule has 7 nitrogen and oxygen atoms in total. The van der Waals surface area contributed by atoms with E-state index in [9.17, 15) is 27.6 Å². The number of hydrogen-bond acceptors (Lipinski definition) is 4. The molecular formula is C23H16ClF3N4O3. The Labute approximate surface area is 195 Å².